The lowest BCUT2D eigenvalue weighted by Crippen LogP contribution is -2.50. The Hall–Kier alpha value is -3.47. The zero-order valence-corrected chi connectivity index (χ0v) is 22.9. The Balaban J connectivity index is 1.39. The van der Waals surface area contributed by atoms with Crippen molar-refractivity contribution in [3.63, 3.8) is 0 Å². The molecule has 0 spiro atoms. The van der Waals surface area contributed by atoms with Crippen molar-refractivity contribution in [3.8, 4) is 11.4 Å². The molecule has 1 aromatic carbocycles. The number of β-amino-alcohol motifs (C(OH)–C–C–N with tert-alkyl or cyclic N) is 1. The molecule has 1 aliphatic heterocycles. The molecule has 1 fully saturated rings. The second-order valence-electron chi connectivity index (χ2n) is 10.5. The first kappa shape index (κ1) is 27.1. The average Bonchev–Trinajstić information content (AvgIpc) is 3.35. The number of H-pyrrole nitrogens is 1. The van der Waals surface area contributed by atoms with E-state index in [1.807, 2.05) is 36.1 Å². The summed E-state index contributed by atoms with van der Waals surface area (Å²) in [6, 6.07) is 7.13. The van der Waals surface area contributed by atoms with Crippen LogP contribution in [-0.2, 0) is 4.79 Å². The molecular weight excluding hydrogens is 518 g/mol. The third kappa shape index (κ3) is 5.78. The Kier molecular flexibility index (Phi) is 7.88. The van der Waals surface area contributed by atoms with E-state index in [-0.39, 0.29) is 35.8 Å². The van der Waals surface area contributed by atoms with Crippen LogP contribution >= 0.6 is 11.6 Å². The summed E-state index contributed by atoms with van der Waals surface area (Å²) in [6.07, 6.45) is 5.77. The van der Waals surface area contributed by atoms with Crippen molar-refractivity contribution in [2.45, 2.75) is 32.4 Å². The summed E-state index contributed by atoms with van der Waals surface area (Å²) < 4.78 is 0. The molecule has 5 N–H and O–H groups in total. The number of nitrogens with one attached hydrogen (secondary N) is 2. The van der Waals surface area contributed by atoms with Crippen molar-refractivity contribution in [3.05, 3.63) is 53.2 Å². The molecule has 1 aliphatic carbocycles. The quantitative estimate of drug-likeness (QED) is 0.331. The van der Waals surface area contributed by atoms with Crippen molar-refractivity contribution >= 4 is 40.3 Å². The summed E-state index contributed by atoms with van der Waals surface area (Å²) in [5.41, 5.74) is 8.73. The number of primary amides is 1. The molecule has 3 heterocycles. The molecule has 10 nitrogen and oxygen atoms in total. The molecule has 2 aliphatic rings. The lowest BCUT2D eigenvalue weighted by Gasteiger charge is -2.35. The van der Waals surface area contributed by atoms with E-state index in [4.69, 9.17) is 17.3 Å². The number of carbonyl (C=O) groups excluding carboxylic acids is 2. The van der Waals surface area contributed by atoms with Crippen LogP contribution in [0.2, 0.25) is 5.02 Å². The molecule has 11 heteroatoms. The Bertz CT molecular complexity index is 1400. The predicted molar refractivity (Wildman–Crippen MR) is 151 cm³/mol. The number of aromatic amines is 1. The Morgan fingerprint density at radius 3 is 2.77 bits per heavy atom. The summed E-state index contributed by atoms with van der Waals surface area (Å²) in [7, 11) is 0. The highest BCUT2D eigenvalue weighted by atomic mass is 35.5. The number of imidazole rings is 1. The molecule has 206 valence electrons. The van der Waals surface area contributed by atoms with E-state index in [0.29, 0.717) is 59.3 Å². The molecule has 1 saturated heterocycles. The number of nitrogens with two attached hydrogens (primary N) is 1. The number of fused-ring (bicyclic) bond motifs is 1. The smallest absolute Gasteiger partial charge is 0.253 e. The van der Waals surface area contributed by atoms with Gasteiger partial charge >= 0.3 is 0 Å². The fourth-order valence-corrected chi connectivity index (χ4v) is 5.66. The second-order valence-corrected chi connectivity index (χ2v) is 10.9. The monoisotopic (exact) mass is 551 g/mol. The first-order chi connectivity index (χ1) is 18.7. The minimum absolute atomic E-state index is 0.0370. The van der Waals surface area contributed by atoms with Crippen molar-refractivity contribution in [1.29, 1.82) is 0 Å². The van der Waals surface area contributed by atoms with Gasteiger partial charge in [0.1, 0.15) is 11.3 Å². The molecule has 4 atom stereocenters. The number of benzene rings is 1. The van der Waals surface area contributed by atoms with Crippen LogP contribution in [-0.4, -0.2) is 86.5 Å². The molecule has 2 aromatic heterocycles. The number of aliphatic hydroxyl groups is 1. The van der Waals surface area contributed by atoms with E-state index in [0.717, 1.165) is 18.7 Å². The number of pyridine rings is 1. The zero-order valence-electron chi connectivity index (χ0n) is 22.1. The number of aromatic nitrogens is 3. The molecule has 5 rings (SSSR count). The summed E-state index contributed by atoms with van der Waals surface area (Å²) in [4.78, 5) is 41.8. The molecule has 0 saturated carbocycles. The fraction of sp³-hybridized carbons (Fsp3) is 0.429. The van der Waals surface area contributed by atoms with Gasteiger partial charge in [0.25, 0.3) is 5.91 Å². The molecule has 39 heavy (non-hydrogen) atoms. The summed E-state index contributed by atoms with van der Waals surface area (Å²) >= 11 is 6.57. The van der Waals surface area contributed by atoms with Crippen molar-refractivity contribution in [2.24, 2.45) is 17.6 Å². The third-order valence-corrected chi connectivity index (χ3v) is 7.83. The zero-order chi connectivity index (χ0) is 27.7. The van der Waals surface area contributed by atoms with Gasteiger partial charge in [0.2, 0.25) is 5.91 Å². The Morgan fingerprint density at radius 2 is 2.05 bits per heavy atom. The Labute approximate surface area is 232 Å². The van der Waals surface area contributed by atoms with Gasteiger partial charge in [-0.3, -0.25) is 14.5 Å². The van der Waals surface area contributed by atoms with Crippen molar-refractivity contribution in [2.75, 3.05) is 38.0 Å². The van der Waals surface area contributed by atoms with E-state index in [1.54, 1.807) is 13.0 Å². The summed E-state index contributed by atoms with van der Waals surface area (Å²) in [5.74, 6) is -0.147. The Morgan fingerprint density at radius 1 is 1.28 bits per heavy atom. The van der Waals surface area contributed by atoms with Crippen LogP contribution in [0.5, 0.6) is 0 Å². The highest BCUT2D eigenvalue weighted by molar-refractivity contribution is 6.34. The number of rotatable bonds is 7. The van der Waals surface area contributed by atoms with Gasteiger partial charge < -0.3 is 26.0 Å². The largest absolute Gasteiger partial charge is 0.392 e. The number of amides is 2. The van der Waals surface area contributed by atoms with E-state index in [2.05, 4.69) is 31.2 Å². The number of anilines is 1. The lowest BCUT2D eigenvalue weighted by molar-refractivity contribution is -0.122. The van der Waals surface area contributed by atoms with Crippen LogP contribution in [0.4, 0.5) is 5.69 Å². The van der Waals surface area contributed by atoms with Crippen LogP contribution in [0.1, 0.15) is 30.6 Å². The van der Waals surface area contributed by atoms with E-state index in [1.165, 1.54) is 6.20 Å². The first-order valence-corrected chi connectivity index (χ1v) is 13.7. The highest BCUT2D eigenvalue weighted by Crippen LogP contribution is 2.35. The van der Waals surface area contributed by atoms with Gasteiger partial charge in [0.05, 0.1) is 28.9 Å². The number of hydrogen-bond donors (Lipinski definition) is 4. The standard InChI is InChI=1S/C28H34ClN7O3/c1-16-5-3-8-20(25(30)38)22(16)32-23-21(29)14-31-27-24(23)33-26(34-27)18-6-4-7-19(13-18)28(39)36-11-9-35(10-12-36)15-17(2)37/h3-7,13-14,16-17,20,22,37H,8-12,15H2,1-2H3,(H2,30,38)(H2,31,32,33,34). The van der Waals surface area contributed by atoms with Gasteiger partial charge in [-0.25, -0.2) is 9.97 Å². The van der Waals surface area contributed by atoms with Crippen LogP contribution in [0, 0.1) is 11.8 Å². The van der Waals surface area contributed by atoms with Crippen LogP contribution in [0.15, 0.2) is 42.6 Å². The number of piperazine rings is 1. The second kappa shape index (κ2) is 11.3. The molecule has 0 bridgehead atoms. The summed E-state index contributed by atoms with van der Waals surface area (Å²) in [6.45, 7) is 7.09. The number of nitrogens with zero attached hydrogens (tertiary/aromatic N) is 4. The van der Waals surface area contributed by atoms with Gasteiger partial charge in [-0.1, -0.05) is 42.8 Å². The van der Waals surface area contributed by atoms with Gasteiger partial charge in [-0.2, -0.15) is 0 Å². The maximum atomic E-state index is 13.3. The highest BCUT2D eigenvalue weighted by Gasteiger charge is 2.33. The average molecular weight is 552 g/mol. The van der Waals surface area contributed by atoms with Crippen LogP contribution < -0.4 is 11.1 Å². The van der Waals surface area contributed by atoms with Crippen LogP contribution in [0.25, 0.3) is 22.6 Å². The maximum absolute atomic E-state index is 13.3. The van der Waals surface area contributed by atoms with Crippen LogP contribution in [0.3, 0.4) is 0 Å². The molecule has 2 amide bonds. The first-order valence-electron chi connectivity index (χ1n) is 13.3. The number of hydrogen-bond acceptors (Lipinski definition) is 7. The third-order valence-electron chi connectivity index (χ3n) is 7.54. The topological polar surface area (TPSA) is 140 Å². The lowest BCUT2D eigenvalue weighted by atomic mass is 9.81. The van der Waals surface area contributed by atoms with Crippen molar-refractivity contribution < 1.29 is 14.7 Å². The van der Waals surface area contributed by atoms with Gasteiger partial charge in [-0.05, 0) is 31.4 Å². The maximum Gasteiger partial charge on any atom is 0.253 e. The van der Waals surface area contributed by atoms with Gasteiger partial charge in [-0.15, -0.1) is 0 Å². The molecule has 0 radical (unpaired) electrons. The predicted octanol–water partition coefficient (Wildman–Crippen LogP) is 2.89. The molecule has 3 aromatic rings. The minimum Gasteiger partial charge on any atom is -0.392 e. The van der Waals surface area contributed by atoms with E-state index in [9.17, 15) is 14.7 Å². The fourth-order valence-electron chi connectivity index (χ4n) is 5.47. The number of halogens is 1. The molecule has 4 unspecified atom stereocenters. The van der Waals surface area contributed by atoms with E-state index >= 15 is 0 Å². The summed E-state index contributed by atoms with van der Waals surface area (Å²) in [5, 5.41) is 13.5. The normalized spacial score (nSPS) is 22.7. The van der Waals surface area contributed by atoms with Crippen molar-refractivity contribution in [1.82, 2.24) is 24.8 Å². The number of aliphatic hydroxyl groups excluding tert-OH is 1. The number of carbonyl (C=O) groups is 2. The number of allylic oxidation sites excluding steroid dienone is 1. The van der Waals surface area contributed by atoms with Gasteiger partial charge in [0, 0.05) is 49.9 Å². The SMILES string of the molecule is CC(O)CN1CCN(C(=O)c2cccc(-c3nc4ncc(Cl)c(NC5C(C)C=CCC5C(N)=O)c4[nH]3)c2)CC1. The van der Waals surface area contributed by atoms with Gasteiger partial charge in [0.15, 0.2) is 5.65 Å². The molecular formula is C28H34ClN7O3. The minimum atomic E-state index is -0.389. The van der Waals surface area contributed by atoms with E-state index < -0.39 is 0 Å².